The van der Waals surface area contributed by atoms with Crippen molar-refractivity contribution in [1.82, 2.24) is 10.0 Å². The molecular formula is C26H35FN2O2S. The summed E-state index contributed by atoms with van der Waals surface area (Å²) in [5.74, 6) is 0.765. The fourth-order valence-corrected chi connectivity index (χ4v) is 6.48. The predicted octanol–water partition coefficient (Wildman–Crippen LogP) is 4.34. The van der Waals surface area contributed by atoms with Crippen LogP contribution in [0.2, 0.25) is 0 Å². The minimum atomic E-state index is -3.14. The van der Waals surface area contributed by atoms with Crippen LogP contribution < -0.4 is 10.0 Å². The molecule has 4 nitrogen and oxygen atoms in total. The van der Waals surface area contributed by atoms with E-state index in [1.54, 1.807) is 12.1 Å². The number of halogens is 1. The highest BCUT2D eigenvalue weighted by Gasteiger charge is 2.30. The van der Waals surface area contributed by atoms with Gasteiger partial charge in [0.2, 0.25) is 10.0 Å². The summed E-state index contributed by atoms with van der Waals surface area (Å²) in [5, 5.41) is 3.65. The first-order chi connectivity index (χ1) is 15.4. The van der Waals surface area contributed by atoms with Gasteiger partial charge in [0.1, 0.15) is 5.82 Å². The molecule has 32 heavy (non-hydrogen) atoms. The highest BCUT2D eigenvalue weighted by Crippen LogP contribution is 2.35. The Bertz CT molecular complexity index is 1020. The lowest BCUT2D eigenvalue weighted by molar-refractivity contribution is 0.391. The van der Waals surface area contributed by atoms with Gasteiger partial charge >= 0.3 is 0 Å². The van der Waals surface area contributed by atoms with E-state index >= 15 is 0 Å². The maximum atomic E-state index is 13.8. The lowest BCUT2D eigenvalue weighted by Crippen LogP contribution is -2.39. The van der Waals surface area contributed by atoms with Crippen molar-refractivity contribution in [2.45, 2.75) is 63.8 Å². The van der Waals surface area contributed by atoms with E-state index in [4.69, 9.17) is 0 Å². The number of nitrogens with one attached hydrogen (secondary N) is 2. The molecule has 2 unspecified atom stereocenters. The SMILES string of the molecule is CCNC1CCc2ccc(CCCNS(=O)(=O)CC3CC3)cc2C1Cc1cccc(F)c1. The van der Waals surface area contributed by atoms with Gasteiger partial charge in [0.05, 0.1) is 5.75 Å². The molecule has 1 saturated carbocycles. The fraction of sp³-hybridized carbons (Fsp3) is 0.538. The average molecular weight is 459 g/mol. The van der Waals surface area contributed by atoms with E-state index in [9.17, 15) is 12.8 Å². The van der Waals surface area contributed by atoms with Gasteiger partial charge < -0.3 is 5.32 Å². The van der Waals surface area contributed by atoms with Crippen LogP contribution in [-0.2, 0) is 29.3 Å². The molecule has 2 N–H and O–H groups in total. The Morgan fingerprint density at radius 2 is 1.91 bits per heavy atom. The standard InChI is InChI=1S/C26H35FN2O2S/c1-2-28-26-13-12-22-11-10-19(6-4-14-29-32(30,31)18-20-8-9-20)16-24(22)25(26)17-21-5-3-7-23(27)15-21/h3,5,7,10-11,15-16,20,25-26,28-29H,2,4,6,8-9,12-14,17-18H2,1H3. The number of aryl methyl sites for hydroxylation is 2. The molecule has 0 bridgehead atoms. The Balaban J connectivity index is 1.43. The second kappa shape index (κ2) is 10.4. The van der Waals surface area contributed by atoms with Gasteiger partial charge in [0.15, 0.2) is 0 Å². The van der Waals surface area contributed by atoms with Crippen molar-refractivity contribution in [3.63, 3.8) is 0 Å². The topological polar surface area (TPSA) is 58.2 Å². The van der Waals surface area contributed by atoms with Gasteiger partial charge in [-0.15, -0.1) is 0 Å². The Hall–Kier alpha value is -1.76. The van der Waals surface area contributed by atoms with E-state index in [0.717, 1.165) is 57.1 Å². The van der Waals surface area contributed by atoms with E-state index in [-0.39, 0.29) is 11.6 Å². The summed E-state index contributed by atoms with van der Waals surface area (Å²) in [4.78, 5) is 0. The zero-order chi connectivity index (χ0) is 22.6. The molecule has 0 saturated heterocycles. The summed E-state index contributed by atoms with van der Waals surface area (Å²) < 4.78 is 40.7. The molecule has 1 fully saturated rings. The molecule has 174 valence electrons. The quantitative estimate of drug-likeness (QED) is 0.493. The van der Waals surface area contributed by atoms with Crippen LogP contribution in [-0.4, -0.2) is 33.3 Å². The first-order valence-corrected chi connectivity index (χ1v) is 13.7. The normalized spacial score (nSPS) is 20.8. The largest absolute Gasteiger partial charge is 0.314 e. The van der Waals surface area contributed by atoms with Crippen LogP contribution in [0.15, 0.2) is 42.5 Å². The van der Waals surface area contributed by atoms with Crippen LogP contribution in [0.4, 0.5) is 4.39 Å². The summed E-state index contributed by atoms with van der Waals surface area (Å²) in [7, 11) is -3.14. The van der Waals surface area contributed by atoms with Crippen LogP contribution in [0.3, 0.4) is 0 Å². The summed E-state index contributed by atoms with van der Waals surface area (Å²) in [6.45, 7) is 3.54. The highest BCUT2D eigenvalue weighted by molar-refractivity contribution is 7.89. The van der Waals surface area contributed by atoms with Crippen molar-refractivity contribution in [2.24, 2.45) is 5.92 Å². The molecule has 2 atom stereocenters. The number of benzene rings is 2. The third-order valence-electron chi connectivity index (χ3n) is 6.75. The van der Waals surface area contributed by atoms with Crippen LogP contribution in [0, 0.1) is 11.7 Å². The van der Waals surface area contributed by atoms with Gasteiger partial charge in [-0.25, -0.2) is 17.5 Å². The van der Waals surface area contributed by atoms with Crippen molar-refractivity contribution >= 4 is 10.0 Å². The first kappa shape index (κ1) is 23.4. The van der Waals surface area contributed by atoms with Gasteiger partial charge in [0, 0.05) is 18.5 Å². The smallest absolute Gasteiger partial charge is 0.211 e. The third kappa shape index (κ3) is 6.40. The second-order valence-corrected chi connectivity index (χ2v) is 11.3. The van der Waals surface area contributed by atoms with Gasteiger partial charge in [0.25, 0.3) is 0 Å². The molecule has 0 spiro atoms. The summed E-state index contributed by atoms with van der Waals surface area (Å²) >= 11 is 0. The number of hydrogen-bond donors (Lipinski definition) is 2. The molecule has 2 aromatic carbocycles. The molecule has 0 aliphatic heterocycles. The minimum absolute atomic E-state index is 0.184. The van der Waals surface area contributed by atoms with Crippen molar-refractivity contribution in [2.75, 3.05) is 18.8 Å². The van der Waals surface area contributed by atoms with Crippen molar-refractivity contribution in [1.29, 1.82) is 0 Å². The number of rotatable bonds is 11. The first-order valence-electron chi connectivity index (χ1n) is 12.0. The fourth-order valence-electron chi connectivity index (χ4n) is 4.95. The number of likely N-dealkylation sites (N-methyl/N-ethyl adjacent to an activating group) is 1. The van der Waals surface area contributed by atoms with E-state index in [1.807, 2.05) is 6.07 Å². The summed E-state index contributed by atoms with van der Waals surface area (Å²) in [6, 6.07) is 14.1. The van der Waals surface area contributed by atoms with Crippen molar-refractivity contribution in [3.05, 3.63) is 70.5 Å². The highest BCUT2D eigenvalue weighted by atomic mass is 32.2. The third-order valence-corrected chi connectivity index (χ3v) is 8.30. The van der Waals surface area contributed by atoms with E-state index in [0.29, 0.717) is 24.4 Å². The Labute approximate surface area is 192 Å². The molecule has 0 radical (unpaired) electrons. The van der Waals surface area contributed by atoms with Gasteiger partial charge in [-0.2, -0.15) is 0 Å². The van der Waals surface area contributed by atoms with Crippen LogP contribution in [0.5, 0.6) is 0 Å². The van der Waals surface area contributed by atoms with Gasteiger partial charge in [-0.05, 0) is 91.8 Å². The van der Waals surface area contributed by atoms with Crippen molar-refractivity contribution < 1.29 is 12.8 Å². The Morgan fingerprint density at radius 3 is 2.66 bits per heavy atom. The summed E-state index contributed by atoms with van der Waals surface area (Å²) in [6.07, 6.45) is 6.66. The van der Waals surface area contributed by atoms with Crippen molar-refractivity contribution in [3.8, 4) is 0 Å². The number of fused-ring (bicyclic) bond motifs is 1. The lowest BCUT2D eigenvalue weighted by Gasteiger charge is -2.35. The molecule has 2 aromatic rings. The molecule has 0 heterocycles. The molecule has 2 aliphatic carbocycles. The van der Waals surface area contributed by atoms with Gasteiger partial charge in [-0.1, -0.05) is 37.3 Å². The maximum absolute atomic E-state index is 13.8. The van der Waals surface area contributed by atoms with E-state index < -0.39 is 10.0 Å². The van der Waals surface area contributed by atoms with Crippen LogP contribution >= 0.6 is 0 Å². The van der Waals surface area contributed by atoms with E-state index in [1.165, 1.54) is 22.8 Å². The summed E-state index contributed by atoms with van der Waals surface area (Å²) in [5.41, 5.74) is 5.01. The van der Waals surface area contributed by atoms with E-state index in [2.05, 4.69) is 35.2 Å². The maximum Gasteiger partial charge on any atom is 0.211 e. The molecule has 2 aliphatic rings. The Morgan fingerprint density at radius 1 is 1.06 bits per heavy atom. The number of sulfonamides is 1. The zero-order valence-corrected chi connectivity index (χ0v) is 19.8. The molecular weight excluding hydrogens is 423 g/mol. The predicted molar refractivity (Wildman–Crippen MR) is 128 cm³/mol. The van der Waals surface area contributed by atoms with Gasteiger partial charge in [-0.3, -0.25) is 0 Å². The van der Waals surface area contributed by atoms with Crippen LogP contribution in [0.25, 0.3) is 0 Å². The second-order valence-electron chi connectivity index (χ2n) is 9.40. The monoisotopic (exact) mass is 458 g/mol. The molecule has 4 rings (SSSR count). The van der Waals surface area contributed by atoms with Crippen LogP contribution in [0.1, 0.15) is 60.8 Å². The molecule has 6 heteroatoms. The molecule has 0 aromatic heterocycles. The minimum Gasteiger partial charge on any atom is -0.314 e. The molecule has 0 amide bonds. The Kier molecular flexibility index (Phi) is 7.64. The average Bonchev–Trinajstić information content (AvgIpc) is 3.56. The zero-order valence-electron chi connectivity index (χ0n) is 18.9. The number of hydrogen-bond acceptors (Lipinski definition) is 3. The lowest BCUT2D eigenvalue weighted by atomic mass is 9.75.